The second kappa shape index (κ2) is 8.28. The largest absolute Gasteiger partial charge is 0.460 e. The predicted octanol–water partition coefficient (Wildman–Crippen LogP) is 5.39. The number of hydrogen-bond donors (Lipinski definition) is 2. The van der Waals surface area contributed by atoms with E-state index < -0.39 is 23.7 Å². The number of nitrogens with one attached hydrogen (secondary N) is 2. The summed E-state index contributed by atoms with van der Waals surface area (Å²) in [4.78, 5) is 0. The Balaban J connectivity index is 2.34. The standard InChI is InChI=1S/C17H13F7N4/c18-15(19,16(20,21)17(22,23)24)14(28-27-13-9-5-2-6-10-13)11-25-26-12-7-3-1-4-8-12/h1-11,26-27H. The van der Waals surface area contributed by atoms with Gasteiger partial charge in [0.05, 0.1) is 17.6 Å². The Hall–Kier alpha value is -3.11. The van der Waals surface area contributed by atoms with Gasteiger partial charge in [-0.15, -0.1) is 0 Å². The molecular formula is C17H13F7N4. The molecule has 0 atom stereocenters. The van der Waals surface area contributed by atoms with Gasteiger partial charge in [-0.2, -0.15) is 40.9 Å². The lowest BCUT2D eigenvalue weighted by atomic mass is 10.1. The summed E-state index contributed by atoms with van der Waals surface area (Å²) < 4.78 is 92.2. The maximum Gasteiger partial charge on any atom is 0.460 e. The third-order valence-corrected chi connectivity index (χ3v) is 3.31. The Bertz CT molecular complexity index is 818. The van der Waals surface area contributed by atoms with Crippen molar-refractivity contribution in [1.82, 2.24) is 0 Å². The molecule has 0 saturated heterocycles. The minimum absolute atomic E-state index is 0.0931. The number of alkyl halides is 7. The van der Waals surface area contributed by atoms with E-state index in [9.17, 15) is 30.7 Å². The Morgan fingerprint density at radius 1 is 0.714 bits per heavy atom. The van der Waals surface area contributed by atoms with Crippen molar-refractivity contribution < 1.29 is 30.7 Å². The number of anilines is 2. The van der Waals surface area contributed by atoms with Crippen LogP contribution in [0.2, 0.25) is 0 Å². The number of hydrogen-bond acceptors (Lipinski definition) is 4. The lowest BCUT2D eigenvalue weighted by Gasteiger charge is -2.27. The van der Waals surface area contributed by atoms with Crippen molar-refractivity contribution in [2.75, 3.05) is 10.9 Å². The number of para-hydroxylation sites is 2. The summed E-state index contributed by atoms with van der Waals surface area (Å²) in [6.45, 7) is 0. The first-order valence-corrected chi connectivity index (χ1v) is 7.61. The summed E-state index contributed by atoms with van der Waals surface area (Å²) in [5.74, 6) is -12.1. The monoisotopic (exact) mass is 406 g/mol. The average molecular weight is 406 g/mol. The Kier molecular flexibility index (Phi) is 6.26. The normalized spacial score (nSPS) is 13.6. The summed E-state index contributed by atoms with van der Waals surface area (Å²) in [5.41, 5.74) is 2.72. The summed E-state index contributed by atoms with van der Waals surface area (Å²) in [7, 11) is 0. The first-order valence-electron chi connectivity index (χ1n) is 7.61. The van der Waals surface area contributed by atoms with Crippen LogP contribution in [0, 0.1) is 0 Å². The van der Waals surface area contributed by atoms with E-state index in [2.05, 4.69) is 15.6 Å². The van der Waals surface area contributed by atoms with Gasteiger partial charge in [0, 0.05) is 0 Å². The number of hydrazone groups is 2. The Morgan fingerprint density at radius 2 is 1.18 bits per heavy atom. The van der Waals surface area contributed by atoms with Crippen LogP contribution in [0.4, 0.5) is 42.1 Å². The molecule has 0 aliphatic carbocycles. The number of rotatable bonds is 7. The molecule has 0 radical (unpaired) electrons. The Labute approximate surface area is 154 Å². The maximum atomic E-state index is 14.0. The molecule has 0 aromatic heterocycles. The molecule has 2 aromatic rings. The fourth-order valence-corrected chi connectivity index (χ4v) is 1.84. The first-order chi connectivity index (χ1) is 13.1. The molecule has 0 bridgehead atoms. The molecule has 11 heteroatoms. The van der Waals surface area contributed by atoms with Crippen LogP contribution in [-0.2, 0) is 0 Å². The van der Waals surface area contributed by atoms with E-state index in [1.54, 1.807) is 24.3 Å². The predicted molar refractivity (Wildman–Crippen MR) is 92.0 cm³/mol. The van der Waals surface area contributed by atoms with Crippen molar-refractivity contribution in [1.29, 1.82) is 0 Å². The second-order valence-corrected chi connectivity index (χ2v) is 5.36. The van der Waals surface area contributed by atoms with E-state index >= 15 is 0 Å². The minimum Gasteiger partial charge on any atom is -0.278 e. The zero-order valence-electron chi connectivity index (χ0n) is 13.9. The Morgan fingerprint density at radius 3 is 1.64 bits per heavy atom. The molecule has 0 amide bonds. The van der Waals surface area contributed by atoms with E-state index in [0.29, 0.717) is 5.69 Å². The van der Waals surface area contributed by atoms with Gasteiger partial charge in [-0.3, -0.25) is 10.9 Å². The molecule has 0 fully saturated rings. The van der Waals surface area contributed by atoms with Crippen LogP contribution in [0.5, 0.6) is 0 Å². The fourth-order valence-electron chi connectivity index (χ4n) is 1.84. The van der Waals surface area contributed by atoms with Gasteiger partial charge in [0.1, 0.15) is 0 Å². The molecule has 0 spiro atoms. The average Bonchev–Trinajstić information content (AvgIpc) is 2.65. The van der Waals surface area contributed by atoms with Crippen molar-refractivity contribution >= 4 is 23.3 Å². The van der Waals surface area contributed by atoms with Crippen LogP contribution >= 0.6 is 0 Å². The number of benzene rings is 2. The van der Waals surface area contributed by atoms with Crippen molar-refractivity contribution in [3.05, 3.63) is 60.7 Å². The maximum absolute atomic E-state index is 14.0. The van der Waals surface area contributed by atoms with Gasteiger partial charge in [0.2, 0.25) is 0 Å². The van der Waals surface area contributed by atoms with E-state index in [1.807, 2.05) is 5.43 Å². The number of halogens is 7. The molecule has 150 valence electrons. The summed E-state index contributed by atoms with van der Waals surface area (Å²) in [6.07, 6.45) is -6.40. The van der Waals surface area contributed by atoms with Crippen LogP contribution < -0.4 is 10.9 Å². The lowest BCUT2D eigenvalue weighted by molar-refractivity contribution is -0.335. The van der Waals surface area contributed by atoms with Crippen molar-refractivity contribution in [3.63, 3.8) is 0 Å². The highest BCUT2D eigenvalue weighted by atomic mass is 19.4. The zero-order chi connectivity index (χ0) is 20.8. The zero-order valence-corrected chi connectivity index (χ0v) is 13.9. The molecule has 4 nitrogen and oxygen atoms in total. The molecular weight excluding hydrogens is 393 g/mol. The van der Waals surface area contributed by atoms with Gasteiger partial charge in [-0.1, -0.05) is 36.4 Å². The van der Waals surface area contributed by atoms with Gasteiger partial charge in [-0.25, -0.2) is 0 Å². The smallest absolute Gasteiger partial charge is 0.278 e. The van der Waals surface area contributed by atoms with Crippen molar-refractivity contribution in [3.8, 4) is 0 Å². The topological polar surface area (TPSA) is 48.8 Å². The van der Waals surface area contributed by atoms with Gasteiger partial charge >= 0.3 is 18.0 Å². The highest BCUT2D eigenvalue weighted by molar-refractivity contribution is 6.34. The SMILES string of the molecule is FC(F)(F)C(F)(F)C(F)(F)C(C=NNc1ccccc1)=NNc1ccccc1. The molecule has 2 aromatic carbocycles. The highest BCUT2D eigenvalue weighted by Gasteiger charge is 2.74. The summed E-state index contributed by atoms with van der Waals surface area (Å²) in [5, 5.41) is 6.31. The van der Waals surface area contributed by atoms with E-state index in [0.717, 1.165) is 0 Å². The fraction of sp³-hybridized carbons (Fsp3) is 0.176. The minimum atomic E-state index is -6.50. The van der Waals surface area contributed by atoms with Crippen LogP contribution in [0.25, 0.3) is 0 Å². The molecule has 0 aliphatic rings. The van der Waals surface area contributed by atoms with Gasteiger partial charge in [-0.05, 0) is 24.3 Å². The van der Waals surface area contributed by atoms with E-state index in [-0.39, 0.29) is 11.9 Å². The highest BCUT2D eigenvalue weighted by Crippen LogP contribution is 2.47. The third-order valence-electron chi connectivity index (χ3n) is 3.31. The molecule has 2 rings (SSSR count). The lowest BCUT2D eigenvalue weighted by Crippen LogP contribution is -2.56. The van der Waals surface area contributed by atoms with Gasteiger partial charge < -0.3 is 0 Å². The van der Waals surface area contributed by atoms with E-state index in [4.69, 9.17) is 0 Å². The van der Waals surface area contributed by atoms with Crippen molar-refractivity contribution in [2.45, 2.75) is 18.0 Å². The van der Waals surface area contributed by atoms with Crippen LogP contribution in [-0.4, -0.2) is 29.9 Å². The van der Waals surface area contributed by atoms with Gasteiger partial charge in [0.15, 0.2) is 5.71 Å². The molecule has 0 aliphatic heterocycles. The first kappa shape index (κ1) is 21.2. The molecule has 28 heavy (non-hydrogen) atoms. The second-order valence-electron chi connectivity index (χ2n) is 5.36. The van der Waals surface area contributed by atoms with Crippen LogP contribution in [0.3, 0.4) is 0 Å². The van der Waals surface area contributed by atoms with Crippen LogP contribution in [0.1, 0.15) is 0 Å². The van der Waals surface area contributed by atoms with Crippen LogP contribution in [0.15, 0.2) is 70.9 Å². The molecule has 0 unspecified atom stereocenters. The van der Waals surface area contributed by atoms with E-state index in [1.165, 1.54) is 36.4 Å². The van der Waals surface area contributed by atoms with Crippen molar-refractivity contribution in [2.24, 2.45) is 10.2 Å². The van der Waals surface area contributed by atoms with Gasteiger partial charge in [0.25, 0.3) is 0 Å². The summed E-state index contributed by atoms with van der Waals surface area (Å²) >= 11 is 0. The molecule has 0 heterocycles. The molecule has 0 saturated carbocycles. The number of nitrogens with zero attached hydrogens (tertiary/aromatic N) is 2. The third kappa shape index (κ3) is 4.78. The molecule has 2 N–H and O–H groups in total. The quantitative estimate of drug-likeness (QED) is 0.368. The summed E-state index contributed by atoms with van der Waals surface area (Å²) in [6, 6.07) is 14.9.